The van der Waals surface area contributed by atoms with Gasteiger partial charge in [-0.2, -0.15) is 13.2 Å². The lowest BCUT2D eigenvalue weighted by Crippen LogP contribution is -2.52. The van der Waals surface area contributed by atoms with E-state index in [1.54, 1.807) is 25.1 Å². The highest BCUT2D eigenvalue weighted by Gasteiger charge is 2.42. The van der Waals surface area contributed by atoms with E-state index in [9.17, 15) is 27.2 Å². The first kappa shape index (κ1) is 29.6. The van der Waals surface area contributed by atoms with Crippen LogP contribution in [0.1, 0.15) is 64.3 Å². The number of nitrogens with one attached hydrogen (secondary N) is 2. The van der Waals surface area contributed by atoms with Crippen molar-refractivity contribution in [3.8, 4) is 0 Å². The van der Waals surface area contributed by atoms with Crippen molar-refractivity contribution in [2.75, 3.05) is 23.8 Å². The summed E-state index contributed by atoms with van der Waals surface area (Å²) >= 11 is 0. The van der Waals surface area contributed by atoms with Crippen LogP contribution in [0.15, 0.2) is 60.7 Å². The molecule has 42 heavy (non-hydrogen) atoms. The zero-order valence-electron chi connectivity index (χ0n) is 23.4. The highest BCUT2D eigenvalue weighted by Crippen LogP contribution is 2.36. The number of amides is 2. The van der Waals surface area contributed by atoms with Crippen LogP contribution in [0.5, 0.6) is 0 Å². The van der Waals surface area contributed by atoms with Gasteiger partial charge < -0.3 is 20.3 Å². The van der Waals surface area contributed by atoms with Crippen LogP contribution in [0.25, 0.3) is 0 Å². The Labute approximate surface area is 242 Å². The molecule has 0 aromatic heterocycles. The average molecular weight is 584 g/mol. The first-order chi connectivity index (χ1) is 20.0. The topological polar surface area (TPSA) is 70.7 Å². The number of nitrogens with zero attached hydrogens (tertiary/aromatic N) is 1. The SMILES string of the molecule is Cc1ccc(NC(=O)[C@H]2OCCN(C(=O)c3c(C)cccc3F)[C@H]2c2ccc(NC3CCCC3)cc2)cc1C(F)(F)F. The lowest BCUT2D eigenvalue weighted by molar-refractivity contribution is -0.139. The zero-order valence-corrected chi connectivity index (χ0v) is 23.4. The van der Waals surface area contributed by atoms with Gasteiger partial charge in [0.1, 0.15) is 5.82 Å². The Morgan fingerprint density at radius 3 is 2.29 bits per heavy atom. The Kier molecular flexibility index (Phi) is 8.54. The second-order valence-corrected chi connectivity index (χ2v) is 10.9. The van der Waals surface area contributed by atoms with Gasteiger partial charge in [-0.15, -0.1) is 0 Å². The van der Waals surface area contributed by atoms with Crippen LogP contribution in [0, 0.1) is 19.7 Å². The van der Waals surface area contributed by atoms with E-state index in [4.69, 9.17) is 4.74 Å². The summed E-state index contributed by atoms with van der Waals surface area (Å²) in [6.45, 7) is 3.05. The van der Waals surface area contributed by atoms with E-state index in [-0.39, 0.29) is 30.0 Å². The average Bonchev–Trinajstić information content (AvgIpc) is 3.46. The summed E-state index contributed by atoms with van der Waals surface area (Å²) in [4.78, 5) is 28.8. The fraction of sp³-hybridized carbons (Fsp3) is 0.375. The predicted octanol–water partition coefficient (Wildman–Crippen LogP) is 7.04. The quantitative estimate of drug-likeness (QED) is 0.306. The molecule has 1 saturated carbocycles. The van der Waals surface area contributed by atoms with E-state index in [1.807, 2.05) is 12.1 Å². The third kappa shape index (κ3) is 6.28. The molecular formula is C32H33F4N3O3. The smallest absolute Gasteiger partial charge is 0.382 e. The fourth-order valence-corrected chi connectivity index (χ4v) is 5.82. The molecule has 0 spiro atoms. The lowest BCUT2D eigenvalue weighted by Gasteiger charge is -2.41. The summed E-state index contributed by atoms with van der Waals surface area (Å²) in [6, 6.07) is 14.6. The standard InChI is InChI=1S/C32H33F4N3O3/c1-19-10-13-24(18-25(19)32(34,35)36)38-30(40)29-28(21-11-14-23(15-12-21)37-22-7-3-4-8-22)39(16-17-42-29)31(41)27-20(2)6-5-9-26(27)33/h5-6,9-15,18,22,28-29,37H,3-4,7-8,16-17H2,1-2H3,(H,38,40)/t28-,29-/m0/s1. The van der Waals surface area contributed by atoms with Crippen molar-refractivity contribution in [2.24, 2.45) is 0 Å². The number of rotatable bonds is 6. The molecule has 2 aliphatic rings. The molecule has 5 rings (SSSR count). The van der Waals surface area contributed by atoms with Gasteiger partial charge in [0.25, 0.3) is 11.8 Å². The Bertz CT molecular complexity index is 1430. The molecule has 3 aromatic carbocycles. The van der Waals surface area contributed by atoms with E-state index >= 15 is 0 Å². The second kappa shape index (κ2) is 12.1. The Morgan fingerprint density at radius 1 is 0.929 bits per heavy atom. The molecule has 2 amide bonds. The van der Waals surface area contributed by atoms with Gasteiger partial charge in [0.15, 0.2) is 6.10 Å². The molecule has 3 aromatic rings. The van der Waals surface area contributed by atoms with E-state index in [2.05, 4.69) is 10.6 Å². The van der Waals surface area contributed by atoms with Gasteiger partial charge in [-0.25, -0.2) is 4.39 Å². The van der Waals surface area contributed by atoms with Crippen molar-refractivity contribution in [1.29, 1.82) is 0 Å². The van der Waals surface area contributed by atoms with Gasteiger partial charge in [-0.05, 0) is 73.7 Å². The largest absolute Gasteiger partial charge is 0.416 e. The monoisotopic (exact) mass is 583 g/mol. The maximum atomic E-state index is 14.9. The third-order valence-corrected chi connectivity index (χ3v) is 8.00. The number of aryl methyl sites for hydroxylation is 2. The minimum absolute atomic E-state index is 0.0170. The van der Waals surface area contributed by atoms with Crippen molar-refractivity contribution in [3.63, 3.8) is 0 Å². The number of anilines is 2. The molecule has 1 aliphatic heterocycles. The number of carbonyl (C=O) groups is 2. The summed E-state index contributed by atoms with van der Waals surface area (Å²) in [5.74, 6) is -1.99. The predicted molar refractivity (Wildman–Crippen MR) is 152 cm³/mol. The summed E-state index contributed by atoms with van der Waals surface area (Å²) in [6.07, 6.45) is -1.35. The van der Waals surface area contributed by atoms with Crippen LogP contribution >= 0.6 is 0 Å². The highest BCUT2D eigenvalue weighted by atomic mass is 19.4. The van der Waals surface area contributed by atoms with Crippen molar-refractivity contribution in [3.05, 3.63) is 94.3 Å². The van der Waals surface area contributed by atoms with Crippen LogP contribution in [-0.2, 0) is 15.7 Å². The number of ether oxygens (including phenoxy) is 1. The molecule has 0 radical (unpaired) electrons. The number of benzene rings is 3. The van der Waals surface area contributed by atoms with Gasteiger partial charge in [-0.1, -0.05) is 43.2 Å². The van der Waals surface area contributed by atoms with E-state index in [0.29, 0.717) is 17.2 Å². The second-order valence-electron chi connectivity index (χ2n) is 10.9. The maximum absolute atomic E-state index is 14.9. The Hall–Kier alpha value is -3.92. The number of halogens is 4. The van der Waals surface area contributed by atoms with Crippen molar-refractivity contribution in [2.45, 2.75) is 63.9 Å². The van der Waals surface area contributed by atoms with Gasteiger partial charge in [0.2, 0.25) is 0 Å². The normalized spacial score (nSPS) is 19.5. The molecule has 222 valence electrons. The van der Waals surface area contributed by atoms with E-state index in [0.717, 1.165) is 24.6 Å². The fourth-order valence-electron chi connectivity index (χ4n) is 5.82. The van der Waals surface area contributed by atoms with Crippen LogP contribution in [0.2, 0.25) is 0 Å². The zero-order chi connectivity index (χ0) is 30.0. The third-order valence-electron chi connectivity index (χ3n) is 8.00. The Balaban J connectivity index is 1.48. The molecule has 1 heterocycles. The van der Waals surface area contributed by atoms with Gasteiger partial charge in [0, 0.05) is 24.0 Å². The Morgan fingerprint density at radius 2 is 1.62 bits per heavy atom. The number of morpholine rings is 1. The molecule has 2 N–H and O–H groups in total. The van der Waals surface area contributed by atoms with Gasteiger partial charge >= 0.3 is 6.18 Å². The van der Waals surface area contributed by atoms with Crippen molar-refractivity contribution < 1.29 is 31.9 Å². The van der Waals surface area contributed by atoms with Crippen LogP contribution < -0.4 is 10.6 Å². The summed E-state index contributed by atoms with van der Waals surface area (Å²) in [5, 5.41) is 6.05. The molecule has 0 bridgehead atoms. The number of hydrogen-bond acceptors (Lipinski definition) is 4. The molecule has 10 heteroatoms. The van der Waals surface area contributed by atoms with E-state index < -0.39 is 41.5 Å². The number of hydrogen-bond donors (Lipinski definition) is 2. The molecule has 6 nitrogen and oxygen atoms in total. The summed E-state index contributed by atoms with van der Waals surface area (Å²) in [7, 11) is 0. The summed E-state index contributed by atoms with van der Waals surface area (Å²) in [5.41, 5.74) is 0.928. The molecule has 2 atom stereocenters. The van der Waals surface area contributed by atoms with Crippen LogP contribution in [-0.4, -0.2) is 42.0 Å². The minimum atomic E-state index is -4.59. The molecular weight excluding hydrogens is 550 g/mol. The first-order valence-electron chi connectivity index (χ1n) is 14.1. The lowest BCUT2D eigenvalue weighted by atomic mass is 9.95. The molecule has 0 unspecified atom stereocenters. The van der Waals surface area contributed by atoms with Gasteiger partial charge in [0.05, 0.1) is 23.8 Å². The summed E-state index contributed by atoms with van der Waals surface area (Å²) < 4.78 is 61.3. The minimum Gasteiger partial charge on any atom is -0.382 e. The highest BCUT2D eigenvalue weighted by molar-refractivity contribution is 5.99. The number of alkyl halides is 3. The number of carbonyl (C=O) groups excluding carboxylic acids is 2. The molecule has 1 aliphatic carbocycles. The van der Waals surface area contributed by atoms with Crippen molar-refractivity contribution >= 4 is 23.2 Å². The molecule has 2 fully saturated rings. The maximum Gasteiger partial charge on any atom is 0.416 e. The van der Waals surface area contributed by atoms with E-state index in [1.165, 1.54) is 48.9 Å². The first-order valence-corrected chi connectivity index (χ1v) is 14.1. The van der Waals surface area contributed by atoms with Crippen LogP contribution in [0.3, 0.4) is 0 Å². The molecule has 1 saturated heterocycles. The van der Waals surface area contributed by atoms with Gasteiger partial charge in [-0.3, -0.25) is 9.59 Å². The van der Waals surface area contributed by atoms with Crippen molar-refractivity contribution in [1.82, 2.24) is 4.90 Å². The van der Waals surface area contributed by atoms with Crippen LogP contribution in [0.4, 0.5) is 28.9 Å².